The van der Waals surface area contributed by atoms with Gasteiger partial charge in [-0.25, -0.2) is 0 Å². The summed E-state index contributed by atoms with van der Waals surface area (Å²) in [5.74, 6) is -0.141. The third-order valence-electron chi connectivity index (χ3n) is 2.85. The van der Waals surface area contributed by atoms with Crippen molar-refractivity contribution in [1.82, 2.24) is 14.9 Å². The Morgan fingerprint density at radius 2 is 2.33 bits per heavy atom. The van der Waals surface area contributed by atoms with Crippen molar-refractivity contribution in [3.8, 4) is 0 Å². The molecule has 5 heteroatoms. The molecule has 0 atom stereocenters. The summed E-state index contributed by atoms with van der Waals surface area (Å²) in [7, 11) is 1.79. The Balaban J connectivity index is 2.05. The van der Waals surface area contributed by atoms with Crippen LogP contribution < -0.4 is 11.1 Å². The van der Waals surface area contributed by atoms with E-state index in [0.717, 1.165) is 11.1 Å². The quantitative estimate of drug-likeness (QED) is 0.853. The van der Waals surface area contributed by atoms with Crippen molar-refractivity contribution in [2.45, 2.75) is 13.5 Å². The molecule has 3 N–H and O–H groups in total. The maximum atomic E-state index is 12.0. The van der Waals surface area contributed by atoms with Gasteiger partial charge in [-0.05, 0) is 30.2 Å². The van der Waals surface area contributed by atoms with Crippen molar-refractivity contribution in [2.75, 3.05) is 5.73 Å². The summed E-state index contributed by atoms with van der Waals surface area (Å²) >= 11 is 0. The van der Waals surface area contributed by atoms with Crippen LogP contribution in [-0.2, 0) is 13.6 Å². The smallest absolute Gasteiger partial charge is 0.268 e. The number of pyridine rings is 1. The highest BCUT2D eigenvalue weighted by molar-refractivity contribution is 5.93. The lowest BCUT2D eigenvalue weighted by Gasteiger charge is -2.07. The monoisotopic (exact) mass is 244 g/mol. The van der Waals surface area contributed by atoms with Crippen molar-refractivity contribution in [1.29, 1.82) is 0 Å². The molecule has 5 nitrogen and oxygen atoms in total. The van der Waals surface area contributed by atoms with E-state index in [9.17, 15) is 4.79 Å². The van der Waals surface area contributed by atoms with Crippen molar-refractivity contribution < 1.29 is 4.79 Å². The predicted octanol–water partition coefficient (Wildman–Crippen LogP) is 1.24. The first-order chi connectivity index (χ1) is 8.58. The van der Waals surface area contributed by atoms with E-state index >= 15 is 0 Å². The Bertz CT molecular complexity index is 574. The van der Waals surface area contributed by atoms with Gasteiger partial charge < -0.3 is 15.6 Å². The van der Waals surface area contributed by atoms with E-state index < -0.39 is 0 Å². The molecular weight excluding hydrogens is 228 g/mol. The van der Waals surface area contributed by atoms with Crippen LogP contribution in [0.4, 0.5) is 5.69 Å². The number of aryl methyl sites for hydroxylation is 2. The number of nitrogens with zero attached hydrogens (tertiary/aromatic N) is 2. The molecule has 2 aromatic heterocycles. The number of nitrogen functional groups attached to an aromatic ring is 1. The van der Waals surface area contributed by atoms with Gasteiger partial charge in [0.05, 0.1) is 5.69 Å². The van der Waals surface area contributed by atoms with E-state index in [1.807, 2.05) is 13.0 Å². The molecule has 18 heavy (non-hydrogen) atoms. The number of aromatic nitrogens is 2. The van der Waals surface area contributed by atoms with Gasteiger partial charge >= 0.3 is 0 Å². The normalized spacial score (nSPS) is 10.3. The topological polar surface area (TPSA) is 72.9 Å². The number of amides is 1. The van der Waals surface area contributed by atoms with Crippen LogP contribution in [0.5, 0.6) is 0 Å². The van der Waals surface area contributed by atoms with E-state index in [0.29, 0.717) is 17.9 Å². The molecule has 0 aliphatic rings. The molecule has 2 heterocycles. The number of rotatable bonds is 3. The molecule has 0 fully saturated rings. The second-order valence-corrected chi connectivity index (χ2v) is 4.25. The standard InChI is InChI=1S/C13H16N4O/c1-9-3-4-15-6-10(9)7-16-13(18)12-5-11(14)8-17(12)2/h3-6,8H,7,14H2,1-2H3,(H,16,18). The Hall–Kier alpha value is -2.30. The maximum Gasteiger partial charge on any atom is 0.268 e. The first kappa shape index (κ1) is 12.2. The molecule has 94 valence electrons. The zero-order valence-electron chi connectivity index (χ0n) is 10.5. The van der Waals surface area contributed by atoms with Crippen LogP contribution in [0.25, 0.3) is 0 Å². The summed E-state index contributed by atoms with van der Waals surface area (Å²) in [6.07, 6.45) is 5.21. The van der Waals surface area contributed by atoms with Gasteiger partial charge in [-0.3, -0.25) is 9.78 Å². The zero-order valence-corrected chi connectivity index (χ0v) is 10.5. The minimum absolute atomic E-state index is 0.141. The van der Waals surface area contributed by atoms with Gasteiger partial charge in [0.25, 0.3) is 5.91 Å². The van der Waals surface area contributed by atoms with Crippen LogP contribution in [-0.4, -0.2) is 15.5 Å². The average Bonchev–Trinajstić information content (AvgIpc) is 2.67. The molecule has 1 amide bonds. The summed E-state index contributed by atoms with van der Waals surface area (Å²) in [6, 6.07) is 3.58. The zero-order chi connectivity index (χ0) is 13.1. The van der Waals surface area contributed by atoms with E-state index in [1.54, 1.807) is 36.3 Å². The van der Waals surface area contributed by atoms with Crippen LogP contribution in [0.15, 0.2) is 30.7 Å². The molecule has 0 radical (unpaired) electrons. The van der Waals surface area contributed by atoms with Gasteiger partial charge in [-0.2, -0.15) is 0 Å². The van der Waals surface area contributed by atoms with Crippen LogP contribution in [0, 0.1) is 6.92 Å². The number of nitrogens with two attached hydrogens (primary N) is 1. The first-order valence-corrected chi connectivity index (χ1v) is 5.67. The highest BCUT2D eigenvalue weighted by Crippen LogP contribution is 2.09. The van der Waals surface area contributed by atoms with Gasteiger partial charge in [0.1, 0.15) is 5.69 Å². The number of hydrogen-bond acceptors (Lipinski definition) is 3. The molecule has 0 aromatic carbocycles. The van der Waals surface area contributed by atoms with Crippen molar-refractivity contribution in [3.05, 3.63) is 47.5 Å². The number of nitrogens with one attached hydrogen (secondary N) is 1. The summed E-state index contributed by atoms with van der Waals surface area (Å²) < 4.78 is 1.71. The van der Waals surface area contributed by atoms with Gasteiger partial charge in [-0.1, -0.05) is 0 Å². The molecule has 0 aliphatic carbocycles. The third-order valence-corrected chi connectivity index (χ3v) is 2.85. The Morgan fingerprint density at radius 1 is 1.56 bits per heavy atom. The molecule has 0 saturated carbocycles. The predicted molar refractivity (Wildman–Crippen MR) is 70.0 cm³/mol. The van der Waals surface area contributed by atoms with Crippen molar-refractivity contribution in [2.24, 2.45) is 7.05 Å². The van der Waals surface area contributed by atoms with Crippen molar-refractivity contribution >= 4 is 11.6 Å². The van der Waals surface area contributed by atoms with Gasteiger partial charge in [0, 0.05) is 32.2 Å². The van der Waals surface area contributed by atoms with E-state index in [4.69, 9.17) is 5.73 Å². The lowest BCUT2D eigenvalue weighted by molar-refractivity contribution is 0.0943. The SMILES string of the molecule is Cc1ccncc1CNC(=O)c1cc(N)cn1C. The Labute approximate surface area is 106 Å². The average molecular weight is 244 g/mol. The lowest BCUT2D eigenvalue weighted by atomic mass is 10.1. The van der Waals surface area contributed by atoms with E-state index in [1.165, 1.54) is 0 Å². The highest BCUT2D eigenvalue weighted by atomic mass is 16.1. The summed E-state index contributed by atoms with van der Waals surface area (Å²) in [4.78, 5) is 16.0. The van der Waals surface area contributed by atoms with Gasteiger partial charge in [0.15, 0.2) is 0 Å². The number of carbonyl (C=O) groups is 1. The Kier molecular flexibility index (Phi) is 3.32. The summed E-state index contributed by atoms with van der Waals surface area (Å²) in [5.41, 5.74) is 8.89. The van der Waals surface area contributed by atoms with Gasteiger partial charge in [0.2, 0.25) is 0 Å². The van der Waals surface area contributed by atoms with Crippen LogP contribution >= 0.6 is 0 Å². The number of hydrogen-bond donors (Lipinski definition) is 2. The molecule has 0 spiro atoms. The van der Waals surface area contributed by atoms with Crippen LogP contribution in [0.3, 0.4) is 0 Å². The minimum Gasteiger partial charge on any atom is -0.397 e. The Morgan fingerprint density at radius 3 is 2.94 bits per heavy atom. The lowest BCUT2D eigenvalue weighted by Crippen LogP contribution is -2.25. The fourth-order valence-corrected chi connectivity index (χ4v) is 1.76. The van der Waals surface area contributed by atoms with Gasteiger partial charge in [-0.15, -0.1) is 0 Å². The number of anilines is 1. The van der Waals surface area contributed by atoms with E-state index in [-0.39, 0.29) is 5.91 Å². The van der Waals surface area contributed by atoms with Crippen LogP contribution in [0.2, 0.25) is 0 Å². The fraction of sp³-hybridized carbons (Fsp3) is 0.231. The fourth-order valence-electron chi connectivity index (χ4n) is 1.76. The maximum absolute atomic E-state index is 12.0. The van der Waals surface area contributed by atoms with Crippen LogP contribution in [0.1, 0.15) is 21.6 Å². The molecule has 2 rings (SSSR count). The minimum atomic E-state index is -0.141. The molecule has 0 unspecified atom stereocenters. The summed E-state index contributed by atoms with van der Waals surface area (Å²) in [6.45, 7) is 2.45. The summed E-state index contributed by atoms with van der Waals surface area (Å²) in [5, 5.41) is 2.85. The largest absolute Gasteiger partial charge is 0.397 e. The second-order valence-electron chi connectivity index (χ2n) is 4.25. The first-order valence-electron chi connectivity index (χ1n) is 5.67. The molecule has 2 aromatic rings. The number of carbonyl (C=O) groups excluding carboxylic acids is 1. The molecule has 0 saturated heterocycles. The van der Waals surface area contributed by atoms with Crippen molar-refractivity contribution in [3.63, 3.8) is 0 Å². The highest BCUT2D eigenvalue weighted by Gasteiger charge is 2.10. The third kappa shape index (κ3) is 2.51. The van der Waals surface area contributed by atoms with E-state index in [2.05, 4.69) is 10.3 Å². The molecular formula is C13H16N4O. The molecule has 0 aliphatic heterocycles. The second kappa shape index (κ2) is 4.91. The molecule has 0 bridgehead atoms.